The van der Waals surface area contributed by atoms with Gasteiger partial charge in [0.05, 0.1) is 13.7 Å². The normalized spacial score (nSPS) is 14.1. The van der Waals surface area contributed by atoms with Crippen LogP contribution in [0.3, 0.4) is 0 Å². The first-order valence-electron chi connectivity index (χ1n) is 7.64. The van der Waals surface area contributed by atoms with Crippen molar-refractivity contribution < 1.29 is 9.47 Å². The minimum Gasteiger partial charge on any atom is -0.497 e. The van der Waals surface area contributed by atoms with Crippen LogP contribution in [0.2, 0.25) is 0 Å². The predicted molar refractivity (Wildman–Crippen MR) is 86.9 cm³/mol. The summed E-state index contributed by atoms with van der Waals surface area (Å²) >= 11 is 1.70. The van der Waals surface area contributed by atoms with Gasteiger partial charge < -0.3 is 14.0 Å². The Morgan fingerprint density at radius 2 is 1.91 bits per heavy atom. The maximum absolute atomic E-state index is 5.73. The second-order valence-corrected chi connectivity index (χ2v) is 6.29. The van der Waals surface area contributed by atoms with Gasteiger partial charge >= 0.3 is 0 Å². The zero-order valence-corrected chi connectivity index (χ0v) is 13.8. The van der Waals surface area contributed by atoms with E-state index in [0.717, 1.165) is 34.8 Å². The highest BCUT2D eigenvalue weighted by molar-refractivity contribution is 7.99. The van der Waals surface area contributed by atoms with Crippen molar-refractivity contribution in [2.45, 2.75) is 37.4 Å². The van der Waals surface area contributed by atoms with E-state index in [9.17, 15) is 0 Å². The molecule has 0 amide bonds. The summed E-state index contributed by atoms with van der Waals surface area (Å²) < 4.78 is 13.1. The van der Waals surface area contributed by atoms with Crippen LogP contribution in [0.15, 0.2) is 29.4 Å². The van der Waals surface area contributed by atoms with Crippen molar-refractivity contribution in [1.82, 2.24) is 14.8 Å². The number of aromatic nitrogens is 3. The third-order valence-electron chi connectivity index (χ3n) is 3.65. The Balaban J connectivity index is 1.48. The number of benzene rings is 1. The first-order chi connectivity index (χ1) is 10.8. The van der Waals surface area contributed by atoms with Crippen molar-refractivity contribution in [2.24, 2.45) is 0 Å². The molecule has 1 saturated carbocycles. The molecule has 2 aromatic rings. The molecule has 1 aliphatic rings. The molecule has 0 N–H and O–H groups in total. The third-order valence-corrected chi connectivity index (χ3v) is 4.58. The van der Waals surface area contributed by atoms with Gasteiger partial charge in [-0.05, 0) is 44.0 Å². The van der Waals surface area contributed by atoms with Crippen molar-refractivity contribution >= 4 is 11.8 Å². The zero-order valence-electron chi connectivity index (χ0n) is 13.0. The smallest absolute Gasteiger partial charge is 0.191 e. The van der Waals surface area contributed by atoms with Crippen LogP contribution in [0, 0.1) is 0 Å². The minimum absolute atomic E-state index is 0.636. The van der Waals surface area contributed by atoms with Gasteiger partial charge in [-0.15, -0.1) is 10.2 Å². The van der Waals surface area contributed by atoms with E-state index in [4.69, 9.17) is 9.47 Å². The molecule has 6 heteroatoms. The lowest BCUT2D eigenvalue weighted by Crippen LogP contribution is -2.04. The molecule has 1 aromatic carbocycles. The number of hydrogen-bond donors (Lipinski definition) is 0. The van der Waals surface area contributed by atoms with Crippen molar-refractivity contribution in [3.8, 4) is 11.5 Å². The second kappa shape index (κ2) is 7.05. The van der Waals surface area contributed by atoms with Gasteiger partial charge in [-0.1, -0.05) is 11.8 Å². The maximum Gasteiger partial charge on any atom is 0.191 e. The standard InChI is InChI=1S/C16H21N3O2S/c1-3-19-15(12-4-5-12)17-18-16(19)22-11-10-21-14-8-6-13(20-2)7-9-14/h6-9,12H,3-5,10-11H2,1-2H3. The molecule has 1 fully saturated rings. The van der Waals surface area contributed by atoms with Crippen LogP contribution in [0.25, 0.3) is 0 Å². The van der Waals surface area contributed by atoms with E-state index < -0.39 is 0 Å². The van der Waals surface area contributed by atoms with Crippen LogP contribution in [-0.4, -0.2) is 34.2 Å². The monoisotopic (exact) mass is 319 g/mol. The van der Waals surface area contributed by atoms with Crippen LogP contribution in [0.5, 0.6) is 11.5 Å². The molecule has 0 radical (unpaired) electrons. The van der Waals surface area contributed by atoms with E-state index in [1.54, 1.807) is 18.9 Å². The van der Waals surface area contributed by atoms with Crippen molar-refractivity contribution in [3.05, 3.63) is 30.1 Å². The summed E-state index contributed by atoms with van der Waals surface area (Å²) in [6.07, 6.45) is 2.51. The topological polar surface area (TPSA) is 49.2 Å². The highest BCUT2D eigenvalue weighted by Gasteiger charge is 2.29. The van der Waals surface area contributed by atoms with Gasteiger partial charge in [0, 0.05) is 18.2 Å². The summed E-state index contributed by atoms with van der Waals surface area (Å²) in [5.41, 5.74) is 0. The number of methoxy groups -OCH3 is 1. The predicted octanol–water partition coefficient (Wildman–Crippen LogP) is 3.36. The molecule has 1 aliphatic carbocycles. The Kier molecular flexibility index (Phi) is 4.87. The van der Waals surface area contributed by atoms with Crippen LogP contribution in [-0.2, 0) is 6.54 Å². The quantitative estimate of drug-likeness (QED) is 0.551. The molecule has 0 atom stereocenters. The SMILES string of the molecule is CCn1c(SCCOc2ccc(OC)cc2)nnc1C1CC1. The van der Waals surface area contributed by atoms with E-state index >= 15 is 0 Å². The average Bonchev–Trinajstić information content (AvgIpc) is 3.32. The van der Waals surface area contributed by atoms with E-state index in [0.29, 0.717) is 12.5 Å². The summed E-state index contributed by atoms with van der Waals surface area (Å²) in [6.45, 7) is 3.72. The fraction of sp³-hybridized carbons (Fsp3) is 0.500. The van der Waals surface area contributed by atoms with Gasteiger partial charge in [0.1, 0.15) is 17.3 Å². The Hall–Kier alpha value is -1.69. The highest BCUT2D eigenvalue weighted by atomic mass is 32.2. The van der Waals surface area contributed by atoms with Crippen LogP contribution in [0.1, 0.15) is 31.5 Å². The molecule has 3 rings (SSSR count). The molecule has 118 valence electrons. The first-order valence-corrected chi connectivity index (χ1v) is 8.63. The Morgan fingerprint density at radius 3 is 2.55 bits per heavy atom. The minimum atomic E-state index is 0.636. The number of nitrogens with zero attached hydrogens (tertiary/aromatic N) is 3. The highest BCUT2D eigenvalue weighted by Crippen LogP contribution is 2.39. The fourth-order valence-electron chi connectivity index (χ4n) is 2.31. The van der Waals surface area contributed by atoms with Gasteiger partial charge in [0.25, 0.3) is 0 Å². The average molecular weight is 319 g/mol. The molecule has 0 bridgehead atoms. The van der Waals surface area contributed by atoms with E-state index in [1.165, 1.54) is 12.8 Å². The summed E-state index contributed by atoms with van der Waals surface area (Å²) in [5, 5.41) is 9.66. The lowest BCUT2D eigenvalue weighted by molar-refractivity contribution is 0.342. The van der Waals surface area contributed by atoms with Gasteiger partial charge in [0.15, 0.2) is 5.16 Å². The Bertz CT molecular complexity index is 608. The van der Waals surface area contributed by atoms with E-state index in [-0.39, 0.29) is 0 Å². The maximum atomic E-state index is 5.73. The summed E-state index contributed by atoms with van der Waals surface area (Å²) in [4.78, 5) is 0. The molecule has 0 aliphatic heterocycles. The van der Waals surface area contributed by atoms with E-state index in [1.807, 2.05) is 24.3 Å². The fourth-order valence-corrected chi connectivity index (χ4v) is 3.14. The van der Waals surface area contributed by atoms with Gasteiger partial charge in [0.2, 0.25) is 0 Å². The first kappa shape index (κ1) is 15.2. The number of rotatable bonds is 8. The molecule has 0 unspecified atom stereocenters. The number of ether oxygens (including phenoxy) is 2. The molecule has 0 saturated heterocycles. The van der Waals surface area contributed by atoms with Crippen LogP contribution < -0.4 is 9.47 Å². The Labute approximate surface area is 135 Å². The third kappa shape index (κ3) is 3.55. The lowest BCUT2D eigenvalue weighted by Gasteiger charge is -2.08. The molecular weight excluding hydrogens is 298 g/mol. The second-order valence-electron chi connectivity index (χ2n) is 5.23. The summed E-state index contributed by atoms with van der Waals surface area (Å²) in [5.74, 6) is 4.34. The van der Waals surface area contributed by atoms with E-state index in [2.05, 4.69) is 21.7 Å². The molecule has 22 heavy (non-hydrogen) atoms. The van der Waals surface area contributed by atoms with Crippen LogP contribution in [0.4, 0.5) is 0 Å². The summed E-state index contributed by atoms with van der Waals surface area (Å²) in [6, 6.07) is 7.64. The summed E-state index contributed by atoms with van der Waals surface area (Å²) in [7, 11) is 1.66. The Morgan fingerprint density at radius 1 is 1.18 bits per heavy atom. The van der Waals surface area contributed by atoms with Crippen molar-refractivity contribution in [1.29, 1.82) is 0 Å². The molecule has 1 aromatic heterocycles. The van der Waals surface area contributed by atoms with Gasteiger partial charge in [-0.25, -0.2) is 0 Å². The van der Waals surface area contributed by atoms with Crippen LogP contribution >= 0.6 is 11.8 Å². The molecule has 1 heterocycles. The number of hydrogen-bond acceptors (Lipinski definition) is 5. The molecule has 5 nitrogen and oxygen atoms in total. The van der Waals surface area contributed by atoms with Gasteiger partial charge in [-0.3, -0.25) is 0 Å². The lowest BCUT2D eigenvalue weighted by atomic mass is 10.3. The molecular formula is C16H21N3O2S. The zero-order chi connectivity index (χ0) is 15.4. The van der Waals surface area contributed by atoms with Crippen molar-refractivity contribution in [3.63, 3.8) is 0 Å². The number of thioether (sulfide) groups is 1. The molecule has 0 spiro atoms. The van der Waals surface area contributed by atoms with Crippen molar-refractivity contribution in [2.75, 3.05) is 19.5 Å². The van der Waals surface area contributed by atoms with Gasteiger partial charge in [-0.2, -0.15) is 0 Å². The largest absolute Gasteiger partial charge is 0.497 e.